The Hall–Kier alpha value is -9.90. The highest BCUT2D eigenvalue weighted by Crippen LogP contribution is 2.33. The van der Waals surface area contributed by atoms with Crippen molar-refractivity contribution >= 4 is 93.1 Å². The Balaban J connectivity index is 0.927. The molecule has 0 aliphatic rings. The van der Waals surface area contributed by atoms with Crippen LogP contribution in [-0.2, 0) is 48.3 Å². The Labute approximate surface area is 602 Å². The zero-order chi connectivity index (χ0) is 71.7. The number of ether oxygens (including phenoxy) is 4. The van der Waals surface area contributed by atoms with E-state index in [0.29, 0.717) is 30.6 Å². The van der Waals surface area contributed by atoms with Gasteiger partial charge in [-0.25, -0.2) is 9.59 Å². The number of alkyl halides is 2. The Morgan fingerprint density at radius 3 is 1.01 bits per heavy atom. The van der Waals surface area contributed by atoms with Crippen LogP contribution in [0.25, 0.3) is 0 Å². The van der Waals surface area contributed by atoms with Gasteiger partial charge in [-0.2, -0.15) is 0 Å². The first-order valence-electron chi connectivity index (χ1n) is 35.1. The third kappa shape index (κ3) is 24.7. The number of unbranched alkanes of at least 4 members (excludes halogenated alkanes) is 16. The van der Waals surface area contributed by atoms with Crippen molar-refractivity contribution in [2.24, 2.45) is 0 Å². The number of esters is 2. The quantitative estimate of drug-likeness (QED) is 0.00923. The summed E-state index contributed by atoms with van der Waals surface area (Å²) in [6.45, 7) is 4.49. The molecule has 0 bridgehead atoms. The number of rotatable bonds is 42. The molecule has 18 heteroatoms. The number of hydrogen-bond acceptors (Lipinski definition) is 12. The molecule has 4 amide bonds. The Morgan fingerprint density at radius 1 is 0.327 bits per heavy atom. The van der Waals surface area contributed by atoms with Crippen molar-refractivity contribution in [2.45, 2.75) is 172 Å². The van der Waals surface area contributed by atoms with Gasteiger partial charge in [-0.3, -0.25) is 28.8 Å². The molecule has 0 spiro atoms. The number of nitrogens with one attached hydrogen (secondary N) is 4. The van der Waals surface area contributed by atoms with Crippen LogP contribution in [0.1, 0.15) is 206 Å². The fourth-order valence-corrected chi connectivity index (χ4v) is 11.7. The van der Waals surface area contributed by atoms with E-state index in [1.54, 1.807) is 72.8 Å². The number of carbonyl (C=O) groups is 8. The molecule has 0 aliphatic carbocycles. The molecule has 16 nitrogen and oxygen atoms in total. The zero-order valence-corrected chi connectivity index (χ0v) is 59.1. The first kappa shape index (κ1) is 76.8. The van der Waals surface area contributed by atoms with Crippen LogP contribution in [-0.4, -0.2) is 57.3 Å². The van der Waals surface area contributed by atoms with E-state index in [0.717, 1.165) is 73.6 Å². The van der Waals surface area contributed by atoms with Crippen molar-refractivity contribution in [1.29, 1.82) is 0 Å². The average molecular weight is 1410 g/mol. The van der Waals surface area contributed by atoms with Gasteiger partial charge in [0.05, 0.1) is 11.1 Å². The topological polar surface area (TPSA) is 222 Å². The predicted molar refractivity (Wildman–Crippen MR) is 398 cm³/mol. The standard InChI is InChI=1S/C83H90Cl2N4O12/c1-3-5-7-9-11-13-15-17-25-37-74(90)86-70-35-27-33-66(56-70)76(92)82(84,100-72-51-43-64(44-52-72)78(94)98-58-62-29-21-19-22-30-62)80(96)88-68-47-39-60(40-48-68)55-61-41-49-69(50-42-61)89-81(97)83(85,101-73-53-45-65(46-54-73)79(95)99-59-63-31-23-20-24-32-63)77(93)67-34-28-36-71(57-67)87-75(91)38-26-18-16-14-12-10-8-6-4-2/h19-24,27-36,39-54,56-57H,3-18,25-26,37-38,55,58-59H2,1-2H3,(H,86,90)(H,87,91)(H,88,96)(H,89,97). The number of Topliss-reactive ketones (excluding diaryl/α,β-unsaturated/α-hetero) is 2. The molecule has 0 fully saturated rings. The molecule has 0 saturated carbocycles. The van der Waals surface area contributed by atoms with Crippen molar-refractivity contribution in [3.05, 3.63) is 251 Å². The van der Waals surface area contributed by atoms with Gasteiger partial charge in [0.25, 0.3) is 11.8 Å². The van der Waals surface area contributed by atoms with E-state index < -0.39 is 45.4 Å². The van der Waals surface area contributed by atoms with E-state index in [1.807, 2.05) is 60.7 Å². The number of halogens is 2. The van der Waals surface area contributed by atoms with E-state index in [-0.39, 0.29) is 70.2 Å². The number of anilines is 4. The molecule has 528 valence electrons. The largest absolute Gasteiger partial charge is 0.457 e. The minimum atomic E-state index is -2.71. The fraction of sp³-hybridized carbons (Fsp3) is 0.325. The lowest BCUT2D eigenvalue weighted by molar-refractivity contribution is -0.123. The van der Waals surface area contributed by atoms with Crippen molar-refractivity contribution in [3.63, 3.8) is 0 Å². The molecular weight excluding hydrogens is 1320 g/mol. The van der Waals surface area contributed by atoms with Gasteiger partial charge in [-0.1, -0.05) is 249 Å². The normalized spacial score (nSPS) is 12.2. The second-order valence-corrected chi connectivity index (χ2v) is 26.2. The van der Waals surface area contributed by atoms with Crippen LogP contribution in [0.5, 0.6) is 11.5 Å². The number of hydrogen-bond donors (Lipinski definition) is 4. The molecule has 8 aromatic rings. The monoisotopic (exact) mass is 1400 g/mol. The summed E-state index contributed by atoms with van der Waals surface area (Å²) < 4.78 is 23.2. The molecule has 0 aliphatic heterocycles. The van der Waals surface area contributed by atoms with Crippen LogP contribution in [0.15, 0.2) is 206 Å². The minimum Gasteiger partial charge on any atom is -0.457 e. The van der Waals surface area contributed by atoms with Crippen LogP contribution in [0, 0.1) is 0 Å². The molecule has 0 radical (unpaired) electrons. The first-order valence-corrected chi connectivity index (χ1v) is 35.9. The van der Waals surface area contributed by atoms with Gasteiger partial charge in [0.1, 0.15) is 24.7 Å². The first-order chi connectivity index (χ1) is 49.0. The van der Waals surface area contributed by atoms with Gasteiger partial charge in [0, 0.05) is 46.7 Å². The van der Waals surface area contributed by atoms with Gasteiger partial charge in [0.15, 0.2) is 0 Å². The van der Waals surface area contributed by atoms with Crippen molar-refractivity contribution in [3.8, 4) is 11.5 Å². The van der Waals surface area contributed by atoms with Gasteiger partial charge in [0.2, 0.25) is 23.4 Å². The molecular formula is C83H90Cl2N4O12. The summed E-state index contributed by atoms with van der Waals surface area (Å²) in [6.07, 6.45) is 20.9. The van der Waals surface area contributed by atoms with Crippen LogP contribution in [0.4, 0.5) is 22.7 Å². The predicted octanol–water partition coefficient (Wildman–Crippen LogP) is 19.4. The van der Waals surface area contributed by atoms with E-state index in [9.17, 15) is 38.4 Å². The van der Waals surface area contributed by atoms with Gasteiger partial charge in [-0.15, -0.1) is 0 Å². The van der Waals surface area contributed by atoms with E-state index in [2.05, 4.69) is 35.1 Å². The fourth-order valence-electron chi connectivity index (χ4n) is 11.2. The molecule has 101 heavy (non-hydrogen) atoms. The molecule has 0 heterocycles. The zero-order valence-electron chi connectivity index (χ0n) is 57.5. The maximum absolute atomic E-state index is 14.6. The van der Waals surface area contributed by atoms with E-state index in [4.69, 9.17) is 42.1 Å². The number of carbonyl (C=O) groups excluding carboxylic acids is 8. The van der Waals surface area contributed by atoms with Crippen LogP contribution < -0.4 is 30.7 Å². The van der Waals surface area contributed by atoms with E-state index >= 15 is 0 Å². The van der Waals surface area contributed by atoms with Crippen molar-refractivity contribution in [2.75, 3.05) is 21.3 Å². The molecule has 2 atom stereocenters. The van der Waals surface area contributed by atoms with E-state index in [1.165, 1.54) is 137 Å². The third-order valence-electron chi connectivity index (χ3n) is 17.0. The lowest BCUT2D eigenvalue weighted by Crippen LogP contribution is -2.50. The summed E-state index contributed by atoms with van der Waals surface area (Å²) in [6, 6.07) is 55.6. The second-order valence-electron chi connectivity index (χ2n) is 25.1. The molecule has 0 saturated heterocycles. The molecule has 8 aromatic carbocycles. The van der Waals surface area contributed by atoms with Gasteiger partial charge in [-0.05, 0) is 139 Å². The molecule has 2 unspecified atom stereocenters. The van der Waals surface area contributed by atoms with Gasteiger partial charge >= 0.3 is 22.1 Å². The summed E-state index contributed by atoms with van der Waals surface area (Å²) in [7, 11) is 0. The third-order valence-corrected chi connectivity index (χ3v) is 17.8. The highest BCUT2D eigenvalue weighted by molar-refractivity contribution is 6.49. The van der Waals surface area contributed by atoms with Crippen LogP contribution >= 0.6 is 23.2 Å². The van der Waals surface area contributed by atoms with Crippen molar-refractivity contribution in [1.82, 2.24) is 0 Å². The van der Waals surface area contributed by atoms with Gasteiger partial charge < -0.3 is 40.2 Å². The Morgan fingerprint density at radius 2 is 0.663 bits per heavy atom. The average Bonchev–Trinajstić information content (AvgIpc) is 0.792. The molecule has 4 N–H and O–H groups in total. The lowest BCUT2D eigenvalue weighted by atomic mass is 10.0. The minimum absolute atomic E-state index is 0.0104. The number of benzene rings is 8. The summed E-state index contributed by atoms with van der Waals surface area (Å²) in [5, 5.41) is 5.79. The Kier molecular flexibility index (Phi) is 30.7. The maximum Gasteiger partial charge on any atom is 0.338 e. The Bertz CT molecular complexity index is 3730. The van der Waals surface area contributed by atoms with Crippen LogP contribution in [0.2, 0.25) is 0 Å². The summed E-state index contributed by atoms with van der Waals surface area (Å²) in [5.74, 6) is -5.57. The highest BCUT2D eigenvalue weighted by atomic mass is 35.5. The highest BCUT2D eigenvalue weighted by Gasteiger charge is 2.49. The SMILES string of the molecule is CCCCCCCCCCCC(=O)Nc1cccc(C(=O)C(Cl)(Oc2ccc(C(=O)OCc3ccccc3)cc2)C(=O)Nc2ccc(Cc3ccc(NC(=O)C(Cl)(Oc4ccc(C(=O)OCc5ccccc5)cc4)C(=O)c4cccc(NC(=O)CCCCCCCCCCC)c4)cc3)cc2)c1. The smallest absolute Gasteiger partial charge is 0.338 e. The maximum atomic E-state index is 14.6. The van der Waals surface area contributed by atoms with Crippen LogP contribution in [0.3, 0.4) is 0 Å². The van der Waals surface area contributed by atoms with Crippen molar-refractivity contribution < 1.29 is 57.3 Å². The summed E-state index contributed by atoms with van der Waals surface area (Å²) >= 11 is 14.2. The summed E-state index contributed by atoms with van der Waals surface area (Å²) in [4.78, 5) is 111. The summed E-state index contributed by atoms with van der Waals surface area (Å²) in [5.41, 5.74) is 4.75. The number of ketones is 2. The second kappa shape index (κ2) is 40.4. The molecule has 0 aromatic heterocycles. The number of amides is 4. The lowest BCUT2D eigenvalue weighted by Gasteiger charge is -2.26. The molecule has 8 rings (SSSR count).